The van der Waals surface area contributed by atoms with Crippen LogP contribution in [0.5, 0.6) is 5.75 Å². The van der Waals surface area contributed by atoms with Crippen molar-refractivity contribution < 1.29 is 23.0 Å². The third-order valence-electron chi connectivity index (χ3n) is 1.73. The van der Waals surface area contributed by atoms with E-state index in [1.54, 1.807) is 0 Å². The summed E-state index contributed by atoms with van der Waals surface area (Å²) < 4.78 is 35.1. The van der Waals surface area contributed by atoms with Gasteiger partial charge in [0.05, 0.1) is 17.1 Å². The van der Waals surface area contributed by atoms with Gasteiger partial charge in [-0.2, -0.15) is 0 Å². The lowest BCUT2D eigenvalue weighted by Crippen LogP contribution is -2.00. The molecule has 0 aliphatic heterocycles. The van der Waals surface area contributed by atoms with Gasteiger partial charge in [0.25, 0.3) is 0 Å². The van der Waals surface area contributed by atoms with Crippen LogP contribution in [0.4, 0.5) is 4.39 Å². The number of halogens is 1. The van der Waals surface area contributed by atoms with Crippen LogP contribution in [0, 0.1) is 5.82 Å². The molecule has 1 aromatic carbocycles. The molecule has 0 saturated carbocycles. The molecule has 78 valence electrons. The molecule has 0 fully saturated rings. The molecule has 0 aromatic heterocycles. The Bertz CT molecular complexity index is 429. The molecule has 4 nitrogen and oxygen atoms in total. The van der Waals surface area contributed by atoms with E-state index < -0.39 is 28.0 Å². The summed E-state index contributed by atoms with van der Waals surface area (Å²) in [5, 5.41) is 17.8. The van der Waals surface area contributed by atoms with Gasteiger partial charge in [0.1, 0.15) is 11.6 Å². The van der Waals surface area contributed by atoms with Gasteiger partial charge >= 0.3 is 0 Å². The van der Waals surface area contributed by atoms with Gasteiger partial charge in [-0.25, -0.2) is 12.8 Å². The van der Waals surface area contributed by atoms with E-state index in [-0.39, 0.29) is 10.5 Å². The van der Waals surface area contributed by atoms with E-state index in [9.17, 15) is 17.9 Å². The van der Waals surface area contributed by atoms with Crippen LogP contribution >= 0.6 is 0 Å². The monoisotopic (exact) mass is 220 g/mol. The summed E-state index contributed by atoms with van der Waals surface area (Å²) in [5.74, 6) is -1.50. The highest BCUT2D eigenvalue weighted by Gasteiger charge is 2.14. The number of aliphatic hydroxyl groups excluding tert-OH is 1. The molecular formula is C8H9FO4S. The Hall–Kier alpha value is -1.14. The van der Waals surface area contributed by atoms with Crippen molar-refractivity contribution in [1.29, 1.82) is 0 Å². The van der Waals surface area contributed by atoms with Crippen molar-refractivity contribution in [2.45, 2.75) is 11.5 Å². The molecule has 2 N–H and O–H groups in total. The fourth-order valence-electron chi connectivity index (χ4n) is 0.968. The molecule has 14 heavy (non-hydrogen) atoms. The minimum absolute atomic E-state index is 0.308. The third-order valence-corrected chi connectivity index (χ3v) is 2.82. The molecule has 0 heterocycles. The number of benzene rings is 1. The zero-order chi connectivity index (χ0) is 10.9. The molecule has 0 bridgehead atoms. The van der Waals surface area contributed by atoms with Gasteiger partial charge in [-0.1, -0.05) is 0 Å². The molecular weight excluding hydrogens is 211 g/mol. The first-order chi connectivity index (χ1) is 6.36. The highest BCUT2D eigenvalue weighted by atomic mass is 32.2. The Kier molecular flexibility index (Phi) is 2.77. The number of aliphatic hydroxyl groups is 1. The Morgan fingerprint density at radius 1 is 1.43 bits per heavy atom. The predicted molar refractivity (Wildman–Crippen MR) is 47.1 cm³/mol. The van der Waals surface area contributed by atoms with Crippen LogP contribution in [0.3, 0.4) is 0 Å². The van der Waals surface area contributed by atoms with Crippen LogP contribution in [0.25, 0.3) is 0 Å². The summed E-state index contributed by atoms with van der Waals surface area (Å²) >= 11 is 0. The van der Waals surface area contributed by atoms with Gasteiger partial charge in [0.2, 0.25) is 0 Å². The first-order valence-electron chi connectivity index (χ1n) is 3.68. The number of hydrogen-bond acceptors (Lipinski definition) is 4. The van der Waals surface area contributed by atoms with Crippen molar-refractivity contribution in [2.24, 2.45) is 0 Å². The van der Waals surface area contributed by atoms with Crippen LogP contribution in [0.15, 0.2) is 17.0 Å². The van der Waals surface area contributed by atoms with Gasteiger partial charge in [0.15, 0.2) is 9.84 Å². The maximum atomic E-state index is 13.1. The molecule has 1 aromatic rings. The van der Waals surface area contributed by atoms with Gasteiger partial charge in [-0.3, -0.25) is 0 Å². The minimum atomic E-state index is -3.55. The van der Waals surface area contributed by atoms with Crippen molar-refractivity contribution in [3.05, 3.63) is 23.5 Å². The Morgan fingerprint density at radius 2 is 2.00 bits per heavy atom. The number of hydrogen-bond donors (Lipinski definition) is 2. The first kappa shape index (κ1) is 10.9. The number of aromatic hydroxyl groups is 1. The lowest BCUT2D eigenvalue weighted by Gasteiger charge is -2.05. The largest absolute Gasteiger partial charge is 0.507 e. The maximum Gasteiger partial charge on any atom is 0.175 e. The van der Waals surface area contributed by atoms with Crippen LogP contribution < -0.4 is 0 Å². The molecule has 0 atom stereocenters. The van der Waals surface area contributed by atoms with Crippen molar-refractivity contribution >= 4 is 9.84 Å². The maximum absolute atomic E-state index is 13.1. The lowest BCUT2D eigenvalue weighted by atomic mass is 10.2. The van der Waals surface area contributed by atoms with Crippen molar-refractivity contribution in [2.75, 3.05) is 6.26 Å². The van der Waals surface area contributed by atoms with E-state index in [0.717, 1.165) is 18.4 Å². The van der Waals surface area contributed by atoms with Gasteiger partial charge in [-0.05, 0) is 12.1 Å². The summed E-state index contributed by atoms with van der Waals surface area (Å²) in [4.78, 5) is -0.315. The summed E-state index contributed by atoms with van der Waals surface area (Å²) in [7, 11) is -3.55. The predicted octanol–water partition coefficient (Wildman–Crippen LogP) is 0.427. The fourth-order valence-corrected chi connectivity index (χ4v) is 1.61. The number of rotatable bonds is 2. The Morgan fingerprint density at radius 3 is 2.36 bits per heavy atom. The Labute approximate surface area is 80.5 Å². The van der Waals surface area contributed by atoms with Gasteiger partial charge < -0.3 is 10.2 Å². The summed E-state index contributed by atoms with van der Waals surface area (Å²) in [5.41, 5.74) is -0.308. The molecule has 0 aliphatic carbocycles. The summed E-state index contributed by atoms with van der Waals surface area (Å²) in [6.07, 6.45) is 0.903. The molecule has 0 spiro atoms. The minimum Gasteiger partial charge on any atom is -0.507 e. The van der Waals surface area contributed by atoms with Crippen LogP contribution in [0.2, 0.25) is 0 Å². The molecule has 0 aliphatic rings. The second kappa shape index (κ2) is 3.55. The van der Waals surface area contributed by atoms with Gasteiger partial charge in [0, 0.05) is 6.26 Å². The van der Waals surface area contributed by atoms with Crippen molar-refractivity contribution in [1.82, 2.24) is 0 Å². The van der Waals surface area contributed by atoms with E-state index >= 15 is 0 Å². The highest BCUT2D eigenvalue weighted by Crippen LogP contribution is 2.24. The zero-order valence-corrected chi connectivity index (χ0v) is 8.18. The number of phenols is 1. The van der Waals surface area contributed by atoms with Gasteiger partial charge in [-0.15, -0.1) is 0 Å². The smallest absolute Gasteiger partial charge is 0.175 e. The molecule has 0 unspecified atom stereocenters. The molecule has 6 heteroatoms. The normalized spacial score (nSPS) is 11.6. The summed E-state index contributed by atoms with van der Waals surface area (Å²) in [6.45, 7) is -0.679. The SMILES string of the molecule is CS(=O)(=O)c1cc(O)c(CO)c(F)c1. The number of sulfone groups is 1. The van der Waals surface area contributed by atoms with E-state index in [1.807, 2.05) is 0 Å². The summed E-state index contributed by atoms with van der Waals surface area (Å²) in [6, 6.07) is 1.67. The quantitative estimate of drug-likeness (QED) is 0.757. The fraction of sp³-hybridized carbons (Fsp3) is 0.250. The molecule has 0 radical (unpaired) electrons. The first-order valence-corrected chi connectivity index (χ1v) is 5.57. The average molecular weight is 220 g/mol. The lowest BCUT2D eigenvalue weighted by molar-refractivity contribution is 0.268. The van der Waals surface area contributed by atoms with Crippen LogP contribution in [0.1, 0.15) is 5.56 Å². The van der Waals surface area contributed by atoms with E-state index in [4.69, 9.17) is 5.11 Å². The van der Waals surface area contributed by atoms with Crippen LogP contribution in [-0.4, -0.2) is 24.9 Å². The third kappa shape index (κ3) is 2.02. The second-order valence-corrected chi connectivity index (χ2v) is 4.85. The Balaban J connectivity index is 3.43. The molecule has 1 rings (SSSR count). The van der Waals surface area contributed by atoms with E-state index in [1.165, 1.54) is 0 Å². The highest BCUT2D eigenvalue weighted by molar-refractivity contribution is 7.90. The topological polar surface area (TPSA) is 74.6 Å². The second-order valence-electron chi connectivity index (χ2n) is 2.83. The van der Waals surface area contributed by atoms with Crippen molar-refractivity contribution in [3.8, 4) is 5.75 Å². The van der Waals surface area contributed by atoms with Crippen LogP contribution in [-0.2, 0) is 16.4 Å². The standard InChI is InChI=1S/C8H9FO4S/c1-14(12,13)5-2-7(9)6(4-10)8(11)3-5/h2-3,10-11H,4H2,1H3. The van der Waals surface area contributed by atoms with E-state index in [0.29, 0.717) is 0 Å². The zero-order valence-electron chi connectivity index (χ0n) is 7.36. The molecule has 0 amide bonds. The average Bonchev–Trinajstić information content (AvgIpc) is 2.01. The van der Waals surface area contributed by atoms with E-state index in [2.05, 4.69) is 0 Å². The molecule has 0 saturated heterocycles. The van der Waals surface area contributed by atoms with Crippen molar-refractivity contribution in [3.63, 3.8) is 0 Å².